The number of carbonyl (C=O) groups is 1. The van der Waals surface area contributed by atoms with Crippen LogP contribution in [0.4, 0.5) is 26.0 Å². The van der Waals surface area contributed by atoms with Crippen LogP contribution in [0.5, 0.6) is 0 Å². The molecule has 3 aromatic rings. The maximum absolute atomic E-state index is 15.1. The Hall–Kier alpha value is -2.83. The van der Waals surface area contributed by atoms with Crippen molar-refractivity contribution in [3.8, 4) is 0 Å². The first-order valence-corrected chi connectivity index (χ1v) is 8.69. The molecule has 0 aliphatic carbocycles. The topological polar surface area (TPSA) is 127 Å². The van der Waals surface area contributed by atoms with Crippen LogP contribution in [0.1, 0.15) is 10.5 Å². The molecule has 148 valence electrons. The number of aliphatic hydroxyl groups is 1. The standard InChI is InChI=1S/C16H15BrF2N6O3/c1-25-15(20)13-12(23-25)10(19)11(14(22-13)16(27)24-28-5-4-26)21-9-3-2-7(17)6-8(9)18/h2-3,6,21,26H,4-5,20H2,1H3,(H,24,27). The SMILES string of the molecule is Cn1nc2c(F)c(Nc3ccc(Br)cc3F)c(C(=O)NOCCO)nc2c1N. The second-order valence-electron chi connectivity index (χ2n) is 5.61. The van der Waals surface area contributed by atoms with Gasteiger partial charge in [-0.2, -0.15) is 5.10 Å². The summed E-state index contributed by atoms with van der Waals surface area (Å²) in [7, 11) is 1.49. The molecule has 12 heteroatoms. The van der Waals surface area contributed by atoms with Gasteiger partial charge in [0, 0.05) is 11.5 Å². The van der Waals surface area contributed by atoms with Crippen molar-refractivity contribution in [1.82, 2.24) is 20.2 Å². The van der Waals surface area contributed by atoms with Crippen molar-refractivity contribution in [2.24, 2.45) is 7.05 Å². The molecule has 0 aliphatic rings. The van der Waals surface area contributed by atoms with E-state index in [0.29, 0.717) is 4.47 Å². The Morgan fingerprint density at radius 1 is 1.39 bits per heavy atom. The number of carbonyl (C=O) groups excluding carboxylic acids is 1. The minimum atomic E-state index is -0.938. The molecular formula is C16H15BrF2N6O3. The summed E-state index contributed by atoms with van der Waals surface area (Å²) in [6.45, 7) is -0.526. The summed E-state index contributed by atoms with van der Waals surface area (Å²) in [4.78, 5) is 21.3. The number of amides is 1. The number of aliphatic hydroxyl groups excluding tert-OH is 1. The van der Waals surface area contributed by atoms with Gasteiger partial charge in [-0.05, 0) is 18.2 Å². The quantitative estimate of drug-likeness (QED) is 0.329. The number of pyridine rings is 1. The summed E-state index contributed by atoms with van der Waals surface area (Å²) in [6, 6.07) is 4.08. The molecule has 0 atom stereocenters. The largest absolute Gasteiger partial charge is 0.394 e. The fourth-order valence-corrected chi connectivity index (χ4v) is 2.72. The van der Waals surface area contributed by atoms with E-state index in [1.807, 2.05) is 5.48 Å². The van der Waals surface area contributed by atoms with E-state index in [1.165, 1.54) is 29.9 Å². The van der Waals surface area contributed by atoms with Crippen molar-refractivity contribution in [1.29, 1.82) is 0 Å². The Bertz CT molecular complexity index is 1060. The monoisotopic (exact) mass is 456 g/mol. The highest BCUT2D eigenvalue weighted by Gasteiger charge is 2.25. The lowest BCUT2D eigenvalue weighted by molar-refractivity contribution is 0.0165. The number of anilines is 3. The molecule has 9 nitrogen and oxygen atoms in total. The zero-order valence-corrected chi connectivity index (χ0v) is 16.0. The third kappa shape index (κ3) is 3.74. The molecule has 0 aliphatic heterocycles. The van der Waals surface area contributed by atoms with Crippen molar-refractivity contribution < 1.29 is 23.5 Å². The molecule has 0 radical (unpaired) electrons. The molecule has 0 unspecified atom stereocenters. The Balaban J connectivity index is 2.13. The van der Waals surface area contributed by atoms with Crippen LogP contribution in [0, 0.1) is 11.6 Å². The van der Waals surface area contributed by atoms with E-state index < -0.39 is 28.9 Å². The Morgan fingerprint density at radius 3 is 2.82 bits per heavy atom. The van der Waals surface area contributed by atoms with E-state index >= 15 is 4.39 Å². The fraction of sp³-hybridized carbons (Fsp3) is 0.188. The third-order valence-corrected chi connectivity index (χ3v) is 4.21. The molecule has 3 rings (SSSR count). The number of rotatable bonds is 6. The molecule has 1 amide bonds. The summed E-state index contributed by atoms with van der Waals surface area (Å²) < 4.78 is 31.0. The summed E-state index contributed by atoms with van der Waals surface area (Å²) in [6.07, 6.45) is 0. The summed E-state index contributed by atoms with van der Waals surface area (Å²) >= 11 is 3.13. The molecular weight excluding hydrogens is 442 g/mol. The molecule has 2 heterocycles. The van der Waals surface area contributed by atoms with E-state index in [4.69, 9.17) is 15.7 Å². The number of nitrogens with zero attached hydrogens (tertiary/aromatic N) is 3. The van der Waals surface area contributed by atoms with Gasteiger partial charge in [-0.1, -0.05) is 15.9 Å². The van der Waals surface area contributed by atoms with Gasteiger partial charge in [0.15, 0.2) is 17.0 Å². The van der Waals surface area contributed by atoms with E-state index in [9.17, 15) is 9.18 Å². The van der Waals surface area contributed by atoms with Crippen molar-refractivity contribution in [2.45, 2.75) is 0 Å². The van der Waals surface area contributed by atoms with Gasteiger partial charge in [-0.25, -0.2) is 19.2 Å². The predicted octanol–water partition coefficient (Wildman–Crippen LogP) is 1.99. The van der Waals surface area contributed by atoms with E-state index in [1.54, 1.807) is 0 Å². The number of nitrogens with two attached hydrogens (primary N) is 1. The minimum Gasteiger partial charge on any atom is -0.394 e. The fourth-order valence-electron chi connectivity index (χ4n) is 2.39. The van der Waals surface area contributed by atoms with E-state index in [0.717, 1.165) is 0 Å². The van der Waals surface area contributed by atoms with Crippen LogP contribution in [0.3, 0.4) is 0 Å². The van der Waals surface area contributed by atoms with Crippen LogP contribution < -0.4 is 16.5 Å². The average molecular weight is 457 g/mol. The number of nitrogens with one attached hydrogen (secondary N) is 2. The van der Waals surface area contributed by atoms with Crippen LogP contribution in [0.15, 0.2) is 22.7 Å². The number of hydrogen-bond acceptors (Lipinski definition) is 7. The number of nitrogen functional groups attached to an aromatic ring is 1. The first-order chi connectivity index (χ1) is 13.3. The number of fused-ring (bicyclic) bond motifs is 1. The average Bonchev–Trinajstić information content (AvgIpc) is 2.94. The van der Waals surface area contributed by atoms with Gasteiger partial charge < -0.3 is 16.2 Å². The van der Waals surface area contributed by atoms with Gasteiger partial charge in [-0.3, -0.25) is 14.3 Å². The van der Waals surface area contributed by atoms with Gasteiger partial charge in [0.2, 0.25) is 0 Å². The Morgan fingerprint density at radius 2 is 2.14 bits per heavy atom. The number of benzene rings is 1. The van der Waals surface area contributed by atoms with Crippen LogP contribution >= 0.6 is 15.9 Å². The van der Waals surface area contributed by atoms with Gasteiger partial charge in [0.05, 0.1) is 18.9 Å². The number of hydroxylamine groups is 1. The molecule has 1 aromatic carbocycles. The highest BCUT2D eigenvalue weighted by molar-refractivity contribution is 9.10. The van der Waals surface area contributed by atoms with E-state index in [-0.39, 0.29) is 35.8 Å². The summed E-state index contributed by atoms with van der Waals surface area (Å²) in [5.74, 6) is -2.50. The zero-order valence-electron chi connectivity index (χ0n) is 14.5. The number of aryl methyl sites for hydroxylation is 1. The Labute approximate surface area is 165 Å². The smallest absolute Gasteiger partial charge is 0.295 e. The van der Waals surface area contributed by atoms with Crippen molar-refractivity contribution in [2.75, 3.05) is 24.3 Å². The van der Waals surface area contributed by atoms with Gasteiger partial charge in [0.1, 0.15) is 22.8 Å². The van der Waals surface area contributed by atoms with Crippen molar-refractivity contribution in [3.63, 3.8) is 0 Å². The molecule has 0 fully saturated rings. The summed E-state index contributed by atoms with van der Waals surface area (Å²) in [5.41, 5.74) is 6.72. The predicted molar refractivity (Wildman–Crippen MR) is 101 cm³/mol. The van der Waals surface area contributed by atoms with Gasteiger partial charge in [-0.15, -0.1) is 0 Å². The highest BCUT2D eigenvalue weighted by atomic mass is 79.9. The third-order valence-electron chi connectivity index (χ3n) is 3.72. The van der Waals surface area contributed by atoms with Crippen LogP contribution in [0.25, 0.3) is 11.0 Å². The van der Waals surface area contributed by atoms with Crippen LogP contribution in [-0.2, 0) is 11.9 Å². The van der Waals surface area contributed by atoms with Crippen LogP contribution in [0.2, 0.25) is 0 Å². The first kappa shape index (κ1) is 19.9. The number of aromatic nitrogens is 3. The first-order valence-electron chi connectivity index (χ1n) is 7.90. The maximum atomic E-state index is 15.1. The molecule has 5 N–H and O–H groups in total. The molecule has 0 saturated heterocycles. The lowest BCUT2D eigenvalue weighted by Crippen LogP contribution is -2.27. The molecule has 0 saturated carbocycles. The summed E-state index contributed by atoms with van der Waals surface area (Å²) in [5, 5.41) is 15.2. The number of hydrogen-bond donors (Lipinski definition) is 4. The van der Waals surface area contributed by atoms with Crippen LogP contribution in [-0.4, -0.2) is 39.0 Å². The van der Waals surface area contributed by atoms with E-state index in [2.05, 4.69) is 31.3 Å². The van der Waals surface area contributed by atoms with Crippen molar-refractivity contribution >= 4 is 50.1 Å². The molecule has 2 aromatic heterocycles. The second-order valence-corrected chi connectivity index (χ2v) is 6.52. The lowest BCUT2D eigenvalue weighted by Gasteiger charge is -2.13. The molecule has 0 spiro atoms. The highest BCUT2D eigenvalue weighted by Crippen LogP contribution is 2.32. The minimum absolute atomic E-state index is 0.0332. The normalized spacial score (nSPS) is 11.0. The van der Waals surface area contributed by atoms with Crippen molar-refractivity contribution in [3.05, 3.63) is 40.0 Å². The van der Waals surface area contributed by atoms with Gasteiger partial charge >= 0.3 is 0 Å². The molecule has 28 heavy (non-hydrogen) atoms. The lowest BCUT2D eigenvalue weighted by atomic mass is 10.2. The second kappa shape index (κ2) is 8.04. The Kier molecular flexibility index (Phi) is 5.72. The maximum Gasteiger partial charge on any atom is 0.295 e. The van der Waals surface area contributed by atoms with Gasteiger partial charge in [0.25, 0.3) is 5.91 Å². The zero-order chi connectivity index (χ0) is 20.4. The number of halogens is 3. The molecule has 0 bridgehead atoms.